The lowest BCUT2D eigenvalue weighted by Gasteiger charge is -2.25. The minimum Gasteiger partial charge on any atom is -0.314 e. The number of piperazine rings is 1. The molecule has 1 aliphatic rings. The molecule has 1 aliphatic heterocycles. The van der Waals surface area contributed by atoms with Crippen LogP contribution in [0.3, 0.4) is 0 Å². The second kappa shape index (κ2) is 5.85. The van der Waals surface area contributed by atoms with E-state index in [1.165, 1.54) is 0 Å². The van der Waals surface area contributed by atoms with Crippen LogP contribution in [-0.2, 0) is 0 Å². The van der Waals surface area contributed by atoms with Crippen molar-refractivity contribution in [2.24, 2.45) is 0 Å². The number of nitrogens with one attached hydrogen (secondary N) is 2. The van der Waals surface area contributed by atoms with Crippen LogP contribution < -0.4 is 10.6 Å². The van der Waals surface area contributed by atoms with E-state index < -0.39 is 0 Å². The minimum absolute atomic E-state index is 0. The molecule has 96 valence electrons. The summed E-state index contributed by atoms with van der Waals surface area (Å²) >= 11 is 6.26. The lowest BCUT2D eigenvalue weighted by molar-refractivity contribution is 0.430. The first kappa shape index (κ1) is 13.6. The highest BCUT2D eigenvalue weighted by Gasteiger charge is 2.18. The Morgan fingerprint density at radius 2 is 2.06 bits per heavy atom. The number of hydrogen-bond donors (Lipinski definition) is 2. The van der Waals surface area contributed by atoms with Crippen molar-refractivity contribution >= 4 is 34.9 Å². The third kappa shape index (κ3) is 2.59. The van der Waals surface area contributed by atoms with Gasteiger partial charge in [-0.1, -0.05) is 29.8 Å². The normalized spacial score (nSPS) is 19.5. The van der Waals surface area contributed by atoms with Crippen molar-refractivity contribution in [1.29, 1.82) is 0 Å². The predicted octanol–water partition coefficient (Wildman–Crippen LogP) is 2.54. The van der Waals surface area contributed by atoms with Crippen molar-refractivity contribution in [1.82, 2.24) is 15.6 Å². The van der Waals surface area contributed by atoms with E-state index in [-0.39, 0.29) is 18.4 Å². The highest BCUT2D eigenvalue weighted by Crippen LogP contribution is 2.25. The number of pyridine rings is 1. The van der Waals surface area contributed by atoms with Gasteiger partial charge in [-0.2, -0.15) is 0 Å². The Kier molecular flexibility index (Phi) is 4.40. The van der Waals surface area contributed by atoms with Gasteiger partial charge in [0.2, 0.25) is 0 Å². The maximum absolute atomic E-state index is 6.26. The standard InChI is InChI=1S/C13H14ClN3.ClH/c14-13-10(12-8-15-5-6-16-12)7-9-3-1-2-4-11(9)17-13;/h1-4,7,12,15-16H,5-6,8H2;1H/t12-;/m1./s1. The number of nitrogens with zero attached hydrogens (tertiary/aromatic N) is 1. The molecule has 1 fully saturated rings. The van der Waals surface area contributed by atoms with Gasteiger partial charge in [-0.15, -0.1) is 12.4 Å². The molecule has 18 heavy (non-hydrogen) atoms. The highest BCUT2D eigenvalue weighted by atomic mass is 35.5. The van der Waals surface area contributed by atoms with Gasteiger partial charge in [0.15, 0.2) is 0 Å². The topological polar surface area (TPSA) is 37.0 Å². The maximum atomic E-state index is 6.26. The van der Waals surface area contributed by atoms with Gasteiger partial charge < -0.3 is 10.6 Å². The summed E-state index contributed by atoms with van der Waals surface area (Å²) in [5.74, 6) is 0. The molecule has 2 aromatic rings. The zero-order valence-corrected chi connectivity index (χ0v) is 11.4. The van der Waals surface area contributed by atoms with Crippen LogP contribution in [0.5, 0.6) is 0 Å². The van der Waals surface area contributed by atoms with Gasteiger partial charge >= 0.3 is 0 Å². The van der Waals surface area contributed by atoms with Crippen LogP contribution in [0.25, 0.3) is 10.9 Å². The smallest absolute Gasteiger partial charge is 0.134 e. The first-order valence-corrected chi connectivity index (χ1v) is 6.22. The number of aromatic nitrogens is 1. The number of para-hydroxylation sites is 1. The average Bonchev–Trinajstić information content (AvgIpc) is 2.39. The van der Waals surface area contributed by atoms with Gasteiger partial charge in [0.05, 0.1) is 5.52 Å². The zero-order chi connectivity index (χ0) is 11.7. The fraction of sp³-hybridized carbons (Fsp3) is 0.308. The molecule has 1 aromatic carbocycles. The van der Waals surface area contributed by atoms with Crippen molar-refractivity contribution in [3.8, 4) is 0 Å². The van der Waals surface area contributed by atoms with Gasteiger partial charge in [0.1, 0.15) is 5.15 Å². The Hall–Kier alpha value is -0.870. The molecule has 1 atom stereocenters. The second-order valence-corrected chi connectivity index (χ2v) is 4.63. The molecule has 0 bridgehead atoms. The molecule has 0 unspecified atom stereocenters. The Morgan fingerprint density at radius 3 is 2.83 bits per heavy atom. The van der Waals surface area contributed by atoms with Gasteiger partial charge in [-0.3, -0.25) is 0 Å². The van der Waals surface area contributed by atoms with Crippen molar-refractivity contribution in [2.45, 2.75) is 6.04 Å². The van der Waals surface area contributed by atoms with Crippen molar-refractivity contribution in [3.05, 3.63) is 41.0 Å². The van der Waals surface area contributed by atoms with E-state index >= 15 is 0 Å². The molecule has 1 aromatic heterocycles. The minimum atomic E-state index is 0. The molecule has 1 saturated heterocycles. The molecule has 3 nitrogen and oxygen atoms in total. The molecule has 5 heteroatoms. The zero-order valence-electron chi connectivity index (χ0n) is 9.82. The van der Waals surface area contributed by atoms with Crippen LogP contribution in [0.1, 0.15) is 11.6 Å². The van der Waals surface area contributed by atoms with Crippen molar-refractivity contribution in [2.75, 3.05) is 19.6 Å². The molecular formula is C13H15Cl2N3. The fourth-order valence-corrected chi connectivity index (χ4v) is 2.50. The Morgan fingerprint density at radius 1 is 1.22 bits per heavy atom. The Balaban J connectivity index is 0.00000120. The third-order valence-electron chi connectivity index (χ3n) is 3.12. The molecule has 0 radical (unpaired) electrons. The molecule has 0 aliphatic carbocycles. The predicted molar refractivity (Wildman–Crippen MR) is 77.6 cm³/mol. The molecule has 0 spiro atoms. The highest BCUT2D eigenvalue weighted by molar-refractivity contribution is 6.30. The lowest BCUT2D eigenvalue weighted by atomic mass is 10.1. The Bertz CT molecular complexity index is 539. The van der Waals surface area contributed by atoms with E-state index in [2.05, 4.69) is 27.8 Å². The first-order valence-electron chi connectivity index (χ1n) is 5.84. The van der Waals surface area contributed by atoms with Crippen LogP contribution in [0.15, 0.2) is 30.3 Å². The SMILES string of the molecule is Cl.Clc1nc2ccccc2cc1[C@H]1CNCCN1. The van der Waals surface area contributed by atoms with E-state index in [4.69, 9.17) is 11.6 Å². The summed E-state index contributed by atoms with van der Waals surface area (Å²) in [6.45, 7) is 2.88. The van der Waals surface area contributed by atoms with E-state index in [9.17, 15) is 0 Å². The quantitative estimate of drug-likeness (QED) is 0.790. The maximum Gasteiger partial charge on any atom is 0.134 e. The summed E-state index contributed by atoms with van der Waals surface area (Å²) < 4.78 is 0. The molecular weight excluding hydrogens is 269 g/mol. The molecule has 3 rings (SSSR count). The van der Waals surface area contributed by atoms with E-state index in [1.54, 1.807) is 0 Å². The number of rotatable bonds is 1. The van der Waals surface area contributed by atoms with Gasteiger partial charge in [-0.05, 0) is 12.1 Å². The number of hydrogen-bond acceptors (Lipinski definition) is 3. The van der Waals surface area contributed by atoms with Crippen LogP contribution >= 0.6 is 24.0 Å². The summed E-state index contributed by atoms with van der Waals surface area (Å²) in [5, 5.41) is 8.55. The second-order valence-electron chi connectivity index (χ2n) is 4.27. The van der Waals surface area contributed by atoms with Crippen LogP contribution in [0.4, 0.5) is 0 Å². The van der Waals surface area contributed by atoms with Crippen LogP contribution in [0.2, 0.25) is 5.15 Å². The summed E-state index contributed by atoms with van der Waals surface area (Å²) in [5.41, 5.74) is 2.03. The largest absolute Gasteiger partial charge is 0.314 e. The van der Waals surface area contributed by atoms with Crippen LogP contribution in [-0.4, -0.2) is 24.6 Å². The average molecular weight is 284 g/mol. The first-order chi connectivity index (χ1) is 8.34. The van der Waals surface area contributed by atoms with E-state index in [0.29, 0.717) is 5.15 Å². The Labute approximate surface area is 117 Å². The van der Waals surface area contributed by atoms with Gasteiger partial charge in [-0.25, -0.2) is 4.98 Å². The summed E-state index contributed by atoms with van der Waals surface area (Å²) in [6, 6.07) is 10.4. The molecule has 0 amide bonds. The summed E-state index contributed by atoms with van der Waals surface area (Å²) in [4.78, 5) is 4.45. The van der Waals surface area contributed by atoms with Crippen LogP contribution in [0, 0.1) is 0 Å². The van der Waals surface area contributed by atoms with Gasteiger partial charge in [0, 0.05) is 36.6 Å². The monoisotopic (exact) mass is 283 g/mol. The summed E-state index contributed by atoms with van der Waals surface area (Å²) in [7, 11) is 0. The van der Waals surface area contributed by atoms with E-state index in [1.807, 2.05) is 18.2 Å². The molecule has 2 N–H and O–H groups in total. The number of halogens is 2. The van der Waals surface area contributed by atoms with E-state index in [0.717, 1.165) is 36.1 Å². The van der Waals surface area contributed by atoms with Gasteiger partial charge in [0.25, 0.3) is 0 Å². The van der Waals surface area contributed by atoms with Crippen molar-refractivity contribution < 1.29 is 0 Å². The summed E-state index contributed by atoms with van der Waals surface area (Å²) in [6.07, 6.45) is 0. The third-order valence-corrected chi connectivity index (χ3v) is 3.42. The number of fused-ring (bicyclic) bond motifs is 1. The number of benzene rings is 1. The lowest BCUT2D eigenvalue weighted by Crippen LogP contribution is -2.42. The molecule has 0 saturated carbocycles. The fourth-order valence-electron chi connectivity index (χ4n) is 2.23. The molecule has 2 heterocycles. The van der Waals surface area contributed by atoms with Crippen molar-refractivity contribution in [3.63, 3.8) is 0 Å².